The van der Waals surface area contributed by atoms with Gasteiger partial charge in [-0.05, 0) is 118 Å². The van der Waals surface area contributed by atoms with E-state index in [0.29, 0.717) is 37.5 Å². The summed E-state index contributed by atoms with van der Waals surface area (Å²) in [6.45, 7) is 25.1. The maximum Gasteiger partial charge on any atom is 0.306 e. The number of hydrogen-bond donors (Lipinski definition) is 1. The van der Waals surface area contributed by atoms with Crippen molar-refractivity contribution in [3.63, 3.8) is 0 Å². The van der Waals surface area contributed by atoms with Crippen LogP contribution in [-0.4, -0.2) is 131 Å². The highest BCUT2D eigenvalue weighted by molar-refractivity contribution is 6.06. The molecule has 11 nitrogen and oxygen atoms in total. The minimum absolute atomic E-state index is 0.143. The maximum absolute atomic E-state index is 13.3. The quantitative estimate of drug-likeness (QED) is 0.0436. The predicted molar refractivity (Wildman–Crippen MR) is 293 cm³/mol. The van der Waals surface area contributed by atoms with Gasteiger partial charge in [0.25, 0.3) is 0 Å². The molecule has 0 bridgehead atoms. The third-order valence-corrected chi connectivity index (χ3v) is 14.6. The minimum Gasteiger partial charge on any atom is -0.458 e. The van der Waals surface area contributed by atoms with Gasteiger partial charge in [-0.1, -0.05) is 154 Å². The summed E-state index contributed by atoms with van der Waals surface area (Å²) in [5, 5.41) is 0.971. The van der Waals surface area contributed by atoms with Crippen LogP contribution in [0.4, 0.5) is 5.82 Å². The molecule has 4 rings (SSSR count). The van der Waals surface area contributed by atoms with E-state index in [4.69, 9.17) is 20.2 Å². The molecule has 0 unspecified atom stereocenters. The Labute approximate surface area is 422 Å². The molecule has 1 aliphatic heterocycles. The standard InChI is InChI=1S/C58H104N8O3/c1-7-10-12-14-16-18-20-22-24-30-38-62(6)39-33-42-64-45-47-65(48-46-64)44-34-43-63(40-31-25-23-21-19-17-15-13-11-8-2)41-32-26-27-37-54(67)69-58(4,5)50-66-53(49-68-9-3)61-55-56(66)51-35-28-29-36-52(51)60-57(55)59/h28-29,35-36H,7-27,30-34,37-50H2,1-6H3,(H2,59,60). The highest BCUT2D eigenvalue weighted by Gasteiger charge is 2.28. The first-order valence-corrected chi connectivity index (χ1v) is 28.8. The predicted octanol–water partition coefficient (Wildman–Crippen LogP) is 13.1. The second-order valence-corrected chi connectivity index (χ2v) is 21.4. The zero-order chi connectivity index (χ0) is 49.4. The number of aromatic nitrogens is 3. The summed E-state index contributed by atoms with van der Waals surface area (Å²) in [6.07, 6.45) is 33.8. The number of piperazine rings is 1. The second kappa shape index (κ2) is 35.3. The Morgan fingerprint density at radius 2 is 1.12 bits per heavy atom. The van der Waals surface area contributed by atoms with E-state index in [0.717, 1.165) is 48.1 Å². The summed E-state index contributed by atoms with van der Waals surface area (Å²) in [7, 11) is 2.33. The van der Waals surface area contributed by atoms with Crippen LogP contribution in [-0.2, 0) is 27.4 Å². The lowest BCUT2D eigenvalue weighted by Gasteiger charge is -2.35. The van der Waals surface area contributed by atoms with Crippen LogP contribution in [0.15, 0.2) is 24.3 Å². The van der Waals surface area contributed by atoms with Gasteiger partial charge in [0, 0.05) is 44.6 Å². The number of benzene rings is 1. The third kappa shape index (κ3) is 24.0. The fraction of sp³-hybridized carbons (Fsp3) is 0.810. The molecule has 3 heterocycles. The van der Waals surface area contributed by atoms with Crippen LogP contribution < -0.4 is 5.73 Å². The molecule has 11 heteroatoms. The second-order valence-electron chi connectivity index (χ2n) is 21.4. The fourth-order valence-corrected chi connectivity index (χ4v) is 10.4. The highest BCUT2D eigenvalue weighted by Crippen LogP contribution is 2.31. The fourth-order valence-electron chi connectivity index (χ4n) is 10.4. The Morgan fingerprint density at radius 1 is 0.638 bits per heavy atom. The summed E-state index contributed by atoms with van der Waals surface area (Å²) in [4.78, 5) is 33.6. The number of carbonyl (C=O) groups excluding carboxylic acids is 1. The minimum atomic E-state index is -0.758. The van der Waals surface area contributed by atoms with Gasteiger partial charge >= 0.3 is 5.97 Å². The molecule has 0 aliphatic carbocycles. The van der Waals surface area contributed by atoms with Crippen molar-refractivity contribution >= 4 is 33.7 Å². The van der Waals surface area contributed by atoms with Gasteiger partial charge in [-0.2, -0.15) is 0 Å². The number of pyridine rings is 1. The molecule has 2 N–H and O–H groups in total. The number of esters is 1. The summed E-state index contributed by atoms with van der Waals surface area (Å²) in [5.74, 6) is 1.00. The lowest BCUT2D eigenvalue weighted by Crippen LogP contribution is -2.47. The number of nitrogens with zero attached hydrogens (tertiary/aromatic N) is 7. The van der Waals surface area contributed by atoms with Gasteiger partial charge in [-0.3, -0.25) is 4.79 Å². The first kappa shape index (κ1) is 58.7. The molecule has 394 valence electrons. The van der Waals surface area contributed by atoms with Crippen molar-refractivity contribution in [2.24, 2.45) is 0 Å². The smallest absolute Gasteiger partial charge is 0.306 e. The molecule has 1 aromatic carbocycles. The molecular formula is C58H104N8O3. The van der Waals surface area contributed by atoms with Crippen LogP contribution in [0.3, 0.4) is 0 Å². The van der Waals surface area contributed by atoms with Crippen molar-refractivity contribution in [2.75, 3.05) is 91.4 Å². The van der Waals surface area contributed by atoms with Crippen molar-refractivity contribution in [3.8, 4) is 0 Å². The van der Waals surface area contributed by atoms with E-state index in [2.05, 4.69) is 50.0 Å². The van der Waals surface area contributed by atoms with Crippen molar-refractivity contribution in [2.45, 2.75) is 220 Å². The molecule has 0 amide bonds. The third-order valence-electron chi connectivity index (χ3n) is 14.6. The van der Waals surface area contributed by atoms with E-state index < -0.39 is 5.60 Å². The summed E-state index contributed by atoms with van der Waals surface area (Å²) in [5.41, 5.74) is 8.04. The molecule has 1 aliphatic rings. The lowest BCUT2D eigenvalue weighted by atomic mass is 10.1. The largest absolute Gasteiger partial charge is 0.458 e. The molecule has 2 aromatic heterocycles. The number of hydrogen-bond acceptors (Lipinski definition) is 10. The van der Waals surface area contributed by atoms with E-state index in [-0.39, 0.29) is 5.97 Å². The van der Waals surface area contributed by atoms with E-state index >= 15 is 0 Å². The van der Waals surface area contributed by atoms with Crippen molar-refractivity contribution in [1.82, 2.24) is 34.1 Å². The van der Waals surface area contributed by atoms with Crippen molar-refractivity contribution < 1.29 is 14.3 Å². The zero-order valence-corrected chi connectivity index (χ0v) is 45.5. The van der Waals surface area contributed by atoms with Crippen LogP contribution >= 0.6 is 0 Å². The van der Waals surface area contributed by atoms with Gasteiger partial charge in [0.1, 0.15) is 23.5 Å². The van der Waals surface area contributed by atoms with Gasteiger partial charge in [-0.15, -0.1) is 0 Å². The van der Waals surface area contributed by atoms with E-state index in [1.165, 1.54) is 207 Å². The van der Waals surface area contributed by atoms with E-state index in [1.54, 1.807) is 0 Å². The Bertz CT molecular complexity index is 1770. The normalized spacial score (nSPS) is 14.1. The topological polar surface area (TPSA) is 105 Å². The molecule has 0 atom stereocenters. The molecule has 3 aromatic rings. The van der Waals surface area contributed by atoms with Gasteiger partial charge < -0.3 is 39.4 Å². The van der Waals surface area contributed by atoms with Gasteiger partial charge in [0.05, 0.1) is 17.6 Å². The number of imidazole rings is 1. The number of nitrogens with two attached hydrogens (primary N) is 1. The SMILES string of the molecule is CCCCCCCCCCCCN(C)CCCN1CCN(CCCN(CCCCCCCCCCCC)CCCCCC(=O)OC(C)(C)Cn2c(COCC)nc3c(N)nc4ccccc4c32)CC1. The summed E-state index contributed by atoms with van der Waals surface area (Å²) in [6, 6.07) is 7.99. The van der Waals surface area contributed by atoms with Crippen LogP contribution in [0.25, 0.3) is 21.9 Å². The Morgan fingerprint density at radius 3 is 1.68 bits per heavy atom. The maximum atomic E-state index is 13.3. The van der Waals surface area contributed by atoms with E-state index in [9.17, 15) is 4.79 Å². The number of fused-ring (bicyclic) bond motifs is 3. The van der Waals surface area contributed by atoms with Gasteiger partial charge in [0.2, 0.25) is 0 Å². The average molecular weight is 962 g/mol. The monoisotopic (exact) mass is 961 g/mol. The highest BCUT2D eigenvalue weighted by atomic mass is 16.6. The lowest BCUT2D eigenvalue weighted by molar-refractivity contribution is -0.157. The number of rotatable bonds is 42. The van der Waals surface area contributed by atoms with Gasteiger partial charge in [-0.25, -0.2) is 9.97 Å². The molecule has 0 radical (unpaired) electrons. The Kier molecular flexibility index (Phi) is 30.1. The first-order valence-electron chi connectivity index (χ1n) is 28.8. The van der Waals surface area contributed by atoms with Crippen molar-refractivity contribution in [1.29, 1.82) is 0 Å². The number of unbranched alkanes of at least 4 members (excludes halogenated alkanes) is 20. The van der Waals surface area contributed by atoms with Crippen LogP contribution in [0, 0.1) is 0 Å². The molecule has 1 saturated heterocycles. The molecule has 0 spiro atoms. The van der Waals surface area contributed by atoms with E-state index in [1.807, 2.05) is 45.0 Å². The Hall–Kier alpha value is -2.83. The average Bonchev–Trinajstić information content (AvgIpc) is 3.69. The number of anilines is 1. The summed E-state index contributed by atoms with van der Waals surface area (Å²) >= 11 is 0. The number of ether oxygens (including phenoxy) is 2. The molecular weight excluding hydrogens is 857 g/mol. The Balaban J connectivity index is 1.14. The molecule has 0 saturated carbocycles. The van der Waals surface area contributed by atoms with Gasteiger partial charge in [0.15, 0.2) is 5.82 Å². The van der Waals surface area contributed by atoms with Crippen LogP contribution in [0.2, 0.25) is 0 Å². The molecule has 69 heavy (non-hydrogen) atoms. The van der Waals surface area contributed by atoms with Crippen LogP contribution in [0.1, 0.15) is 207 Å². The van der Waals surface area contributed by atoms with Crippen LogP contribution in [0.5, 0.6) is 0 Å². The van der Waals surface area contributed by atoms with Crippen molar-refractivity contribution in [3.05, 3.63) is 30.1 Å². The summed E-state index contributed by atoms with van der Waals surface area (Å²) < 4.78 is 14.1. The first-order chi connectivity index (χ1) is 33.6. The zero-order valence-electron chi connectivity index (χ0n) is 45.5. The molecule has 1 fully saturated rings. The number of nitrogen functional groups attached to an aromatic ring is 1. The number of carbonyl (C=O) groups is 1. The number of para-hydroxylation sites is 1.